The van der Waals surface area contributed by atoms with E-state index in [0.717, 1.165) is 25.1 Å². The van der Waals surface area contributed by atoms with Gasteiger partial charge in [0.15, 0.2) is 0 Å². The van der Waals surface area contributed by atoms with Gasteiger partial charge in [0.25, 0.3) is 0 Å². The lowest BCUT2D eigenvalue weighted by Gasteiger charge is -2.34. The minimum absolute atomic E-state index is 0.322. The van der Waals surface area contributed by atoms with E-state index in [9.17, 15) is 5.11 Å². The molecule has 2 aromatic carbocycles. The maximum Gasteiger partial charge on any atom is 0.0826 e. The summed E-state index contributed by atoms with van der Waals surface area (Å²) in [5.41, 5.74) is 7.68. The van der Waals surface area contributed by atoms with Crippen LogP contribution in [0, 0.1) is 20.8 Å². The zero-order valence-corrected chi connectivity index (χ0v) is 13.1. The molecule has 0 aromatic heterocycles. The van der Waals surface area contributed by atoms with Crippen molar-refractivity contribution in [2.45, 2.75) is 39.8 Å². The first-order valence-corrected chi connectivity index (χ1v) is 7.65. The summed E-state index contributed by atoms with van der Waals surface area (Å²) in [5.74, 6) is 0. The average molecular weight is 281 g/mol. The largest absolute Gasteiger partial charge is 0.388 e. The summed E-state index contributed by atoms with van der Waals surface area (Å²) >= 11 is 0. The fraction of sp³-hybridized carbons (Fsp3) is 0.368. The van der Waals surface area contributed by atoms with Crippen LogP contribution >= 0.6 is 0 Å². The summed E-state index contributed by atoms with van der Waals surface area (Å²) in [6, 6.07) is 12.7. The van der Waals surface area contributed by atoms with Crippen molar-refractivity contribution in [2.24, 2.45) is 0 Å². The molecule has 0 saturated heterocycles. The Balaban J connectivity index is 1.95. The number of hydrogen-bond acceptors (Lipinski definition) is 2. The van der Waals surface area contributed by atoms with Crippen LogP contribution in [0.2, 0.25) is 0 Å². The summed E-state index contributed by atoms with van der Waals surface area (Å²) < 4.78 is 0. The normalized spacial score (nSPS) is 17.7. The van der Waals surface area contributed by atoms with Crippen LogP contribution in [0.15, 0.2) is 36.4 Å². The minimum Gasteiger partial charge on any atom is -0.388 e. The first kappa shape index (κ1) is 14.2. The molecule has 1 aliphatic heterocycles. The highest BCUT2D eigenvalue weighted by atomic mass is 16.3. The SMILES string of the molecule is Cc1cc(C)c(CN2CCC(O)c3ccccc32)c(C)c1. The lowest BCUT2D eigenvalue weighted by atomic mass is 9.95. The third-order valence-electron chi connectivity index (χ3n) is 4.50. The second-order valence-corrected chi connectivity index (χ2v) is 6.16. The van der Waals surface area contributed by atoms with E-state index < -0.39 is 0 Å². The molecule has 21 heavy (non-hydrogen) atoms. The van der Waals surface area contributed by atoms with Gasteiger partial charge in [-0.05, 0) is 49.9 Å². The summed E-state index contributed by atoms with van der Waals surface area (Å²) in [6.45, 7) is 8.36. The van der Waals surface area contributed by atoms with E-state index >= 15 is 0 Å². The number of fused-ring (bicyclic) bond motifs is 1. The van der Waals surface area contributed by atoms with Crippen molar-refractivity contribution in [3.63, 3.8) is 0 Å². The summed E-state index contributed by atoms with van der Waals surface area (Å²) in [7, 11) is 0. The van der Waals surface area contributed by atoms with Gasteiger partial charge in [-0.25, -0.2) is 0 Å². The third kappa shape index (κ3) is 2.68. The summed E-state index contributed by atoms with van der Waals surface area (Å²) in [5, 5.41) is 10.2. The monoisotopic (exact) mass is 281 g/mol. The van der Waals surface area contributed by atoms with Gasteiger partial charge in [0.1, 0.15) is 0 Å². The van der Waals surface area contributed by atoms with Gasteiger partial charge in [-0.15, -0.1) is 0 Å². The molecule has 110 valence electrons. The predicted molar refractivity (Wildman–Crippen MR) is 87.7 cm³/mol. The van der Waals surface area contributed by atoms with Crippen molar-refractivity contribution in [1.82, 2.24) is 0 Å². The van der Waals surface area contributed by atoms with E-state index in [-0.39, 0.29) is 6.10 Å². The van der Waals surface area contributed by atoms with Crippen LogP contribution in [0.1, 0.15) is 40.3 Å². The van der Waals surface area contributed by atoms with Gasteiger partial charge in [0, 0.05) is 24.3 Å². The second kappa shape index (κ2) is 5.53. The van der Waals surface area contributed by atoms with E-state index in [2.05, 4.69) is 49.9 Å². The summed E-state index contributed by atoms with van der Waals surface area (Å²) in [6.07, 6.45) is 0.485. The molecule has 0 bridgehead atoms. The Morgan fingerprint density at radius 2 is 1.76 bits per heavy atom. The topological polar surface area (TPSA) is 23.5 Å². The molecule has 1 atom stereocenters. The van der Waals surface area contributed by atoms with Crippen molar-refractivity contribution >= 4 is 5.69 Å². The van der Waals surface area contributed by atoms with Crippen LogP contribution < -0.4 is 4.90 Å². The Hall–Kier alpha value is -1.80. The Bertz CT molecular complexity index is 639. The van der Waals surface area contributed by atoms with Crippen LogP contribution in [-0.2, 0) is 6.54 Å². The van der Waals surface area contributed by atoms with E-state index in [1.165, 1.54) is 27.9 Å². The van der Waals surface area contributed by atoms with E-state index in [1.807, 2.05) is 12.1 Å². The van der Waals surface area contributed by atoms with Crippen molar-refractivity contribution in [3.8, 4) is 0 Å². The Labute approximate surface area is 127 Å². The molecule has 1 unspecified atom stereocenters. The van der Waals surface area contributed by atoms with E-state index in [0.29, 0.717) is 0 Å². The first-order valence-electron chi connectivity index (χ1n) is 7.65. The molecule has 0 saturated carbocycles. The van der Waals surface area contributed by atoms with Crippen LogP contribution in [0.25, 0.3) is 0 Å². The van der Waals surface area contributed by atoms with E-state index in [4.69, 9.17) is 0 Å². The lowest BCUT2D eigenvalue weighted by molar-refractivity contribution is 0.164. The van der Waals surface area contributed by atoms with E-state index in [1.54, 1.807) is 0 Å². The number of hydrogen-bond donors (Lipinski definition) is 1. The van der Waals surface area contributed by atoms with Gasteiger partial charge in [0.2, 0.25) is 0 Å². The highest BCUT2D eigenvalue weighted by Crippen LogP contribution is 2.35. The van der Waals surface area contributed by atoms with Gasteiger partial charge in [-0.2, -0.15) is 0 Å². The number of aryl methyl sites for hydroxylation is 3. The molecule has 2 aromatic rings. The third-order valence-corrected chi connectivity index (χ3v) is 4.50. The molecular weight excluding hydrogens is 258 g/mol. The molecule has 0 amide bonds. The van der Waals surface area contributed by atoms with Gasteiger partial charge in [-0.1, -0.05) is 35.9 Å². The van der Waals surface area contributed by atoms with Crippen LogP contribution in [0.3, 0.4) is 0 Å². The summed E-state index contributed by atoms with van der Waals surface area (Å²) in [4.78, 5) is 2.40. The van der Waals surface area contributed by atoms with Crippen LogP contribution in [-0.4, -0.2) is 11.7 Å². The Kier molecular flexibility index (Phi) is 3.73. The van der Waals surface area contributed by atoms with Crippen molar-refractivity contribution < 1.29 is 5.11 Å². The Morgan fingerprint density at radius 1 is 1.10 bits per heavy atom. The maximum atomic E-state index is 10.2. The lowest BCUT2D eigenvalue weighted by Crippen LogP contribution is -2.31. The number of benzene rings is 2. The second-order valence-electron chi connectivity index (χ2n) is 6.16. The highest BCUT2D eigenvalue weighted by Gasteiger charge is 2.23. The van der Waals surface area contributed by atoms with Gasteiger partial charge in [-0.3, -0.25) is 0 Å². The number of anilines is 1. The fourth-order valence-electron chi connectivity index (χ4n) is 3.43. The standard InChI is InChI=1S/C19H23NO/c1-13-10-14(2)17(15(3)11-13)12-20-9-8-19(21)16-6-4-5-7-18(16)20/h4-7,10-11,19,21H,8-9,12H2,1-3H3. The van der Waals surface area contributed by atoms with Crippen molar-refractivity contribution in [3.05, 3.63) is 64.2 Å². The molecule has 2 nitrogen and oxygen atoms in total. The first-order chi connectivity index (χ1) is 10.1. The molecule has 0 aliphatic carbocycles. The number of nitrogens with zero attached hydrogens (tertiary/aromatic N) is 1. The number of aliphatic hydroxyl groups excluding tert-OH is 1. The molecule has 0 spiro atoms. The zero-order valence-electron chi connectivity index (χ0n) is 13.1. The van der Waals surface area contributed by atoms with Gasteiger partial charge < -0.3 is 10.0 Å². The fourth-order valence-corrected chi connectivity index (χ4v) is 3.43. The quantitative estimate of drug-likeness (QED) is 0.897. The molecule has 0 radical (unpaired) electrons. The minimum atomic E-state index is -0.322. The van der Waals surface area contributed by atoms with Crippen molar-refractivity contribution in [2.75, 3.05) is 11.4 Å². The average Bonchev–Trinajstić information content (AvgIpc) is 2.45. The smallest absolute Gasteiger partial charge is 0.0826 e. The Morgan fingerprint density at radius 3 is 2.48 bits per heavy atom. The zero-order chi connectivity index (χ0) is 15.0. The molecule has 1 heterocycles. The molecule has 3 rings (SSSR count). The maximum absolute atomic E-state index is 10.2. The number of rotatable bonds is 2. The predicted octanol–water partition coefficient (Wildman–Crippen LogP) is 4.06. The number of aliphatic hydroxyl groups is 1. The van der Waals surface area contributed by atoms with Crippen molar-refractivity contribution in [1.29, 1.82) is 0 Å². The van der Waals surface area contributed by atoms with Crippen LogP contribution in [0.5, 0.6) is 0 Å². The molecule has 1 aliphatic rings. The molecular formula is C19H23NO. The van der Waals surface area contributed by atoms with Gasteiger partial charge in [0.05, 0.1) is 6.10 Å². The molecule has 2 heteroatoms. The highest BCUT2D eigenvalue weighted by molar-refractivity contribution is 5.57. The molecule has 1 N–H and O–H groups in total. The van der Waals surface area contributed by atoms with Gasteiger partial charge >= 0.3 is 0 Å². The molecule has 0 fully saturated rings. The van der Waals surface area contributed by atoms with Crippen LogP contribution in [0.4, 0.5) is 5.69 Å². The number of para-hydroxylation sites is 1.